The maximum atomic E-state index is 13.2. The minimum absolute atomic E-state index is 0.237. The maximum Gasteiger partial charge on any atom is 0.191 e. The molecule has 0 bridgehead atoms. The molecule has 0 aliphatic rings. The van der Waals surface area contributed by atoms with Crippen LogP contribution in [0.5, 0.6) is 0 Å². The Kier molecular flexibility index (Phi) is 5.11. The molecule has 0 spiro atoms. The number of H-pyrrole nitrogens is 1. The summed E-state index contributed by atoms with van der Waals surface area (Å²) in [4.78, 5) is 7.89. The average molecular weight is 324 g/mol. The number of aromatic nitrogens is 1. The number of aliphatic imine (C=N–C) groups is 1. The van der Waals surface area contributed by atoms with Crippen molar-refractivity contribution in [1.82, 2.24) is 15.6 Å². The summed E-state index contributed by atoms with van der Waals surface area (Å²) in [5.41, 5.74) is 3.06. The second-order valence-corrected chi connectivity index (χ2v) is 5.56. The Hall–Kier alpha value is -2.82. The molecule has 2 aromatic carbocycles. The van der Waals surface area contributed by atoms with Crippen molar-refractivity contribution in [2.75, 3.05) is 6.54 Å². The molecule has 24 heavy (non-hydrogen) atoms. The Morgan fingerprint density at radius 2 is 1.96 bits per heavy atom. The molecule has 1 aromatic heterocycles. The van der Waals surface area contributed by atoms with Gasteiger partial charge in [-0.25, -0.2) is 9.38 Å². The third-order valence-electron chi connectivity index (χ3n) is 3.69. The second-order valence-electron chi connectivity index (χ2n) is 5.56. The molecule has 1 heterocycles. The van der Waals surface area contributed by atoms with Crippen molar-refractivity contribution in [3.8, 4) is 0 Å². The summed E-state index contributed by atoms with van der Waals surface area (Å²) in [6.07, 6.45) is 0. The van der Waals surface area contributed by atoms with Crippen molar-refractivity contribution in [1.29, 1.82) is 0 Å². The van der Waals surface area contributed by atoms with Crippen LogP contribution in [-0.4, -0.2) is 17.5 Å². The SMILES string of the molecule is CCNC(=NCc1cccc(F)c1)NCc1cc2ccccc2[nH]1. The summed E-state index contributed by atoms with van der Waals surface area (Å²) in [6, 6.07) is 16.8. The average Bonchev–Trinajstić information content (AvgIpc) is 3.00. The van der Waals surface area contributed by atoms with E-state index < -0.39 is 0 Å². The third kappa shape index (κ3) is 4.13. The van der Waals surface area contributed by atoms with Crippen LogP contribution < -0.4 is 10.6 Å². The van der Waals surface area contributed by atoms with E-state index in [9.17, 15) is 4.39 Å². The van der Waals surface area contributed by atoms with Gasteiger partial charge in [0.15, 0.2) is 5.96 Å². The van der Waals surface area contributed by atoms with Crippen LogP contribution in [0.1, 0.15) is 18.2 Å². The van der Waals surface area contributed by atoms with Gasteiger partial charge in [0.2, 0.25) is 0 Å². The normalized spacial score (nSPS) is 11.7. The van der Waals surface area contributed by atoms with E-state index in [2.05, 4.69) is 38.8 Å². The monoisotopic (exact) mass is 324 g/mol. The van der Waals surface area contributed by atoms with Gasteiger partial charge in [-0.1, -0.05) is 30.3 Å². The van der Waals surface area contributed by atoms with E-state index in [1.54, 1.807) is 6.07 Å². The third-order valence-corrected chi connectivity index (χ3v) is 3.69. The van der Waals surface area contributed by atoms with Crippen LogP contribution in [0.15, 0.2) is 59.6 Å². The number of guanidine groups is 1. The standard InChI is InChI=1S/C19H21FN4/c1-2-21-19(22-12-14-6-5-8-16(20)10-14)23-13-17-11-15-7-3-4-9-18(15)24-17/h3-11,24H,2,12-13H2,1H3,(H2,21,22,23). The quantitative estimate of drug-likeness (QED) is 0.496. The highest BCUT2D eigenvalue weighted by Crippen LogP contribution is 2.14. The molecule has 0 radical (unpaired) electrons. The minimum Gasteiger partial charge on any atom is -0.357 e. The number of benzene rings is 2. The Balaban J connectivity index is 1.65. The summed E-state index contributed by atoms with van der Waals surface area (Å²) in [6.45, 7) is 3.85. The van der Waals surface area contributed by atoms with E-state index >= 15 is 0 Å². The van der Waals surface area contributed by atoms with E-state index in [0.29, 0.717) is 19.0 Å². The van der Waals surface area contributed by atoms with Crippen molar-refractivity contribution in [2.45, 2.75) is 20.0 Å². The number of para-hydroxylation sites is 1. The Bertz CT molecular complexity index is 805. The van der Waals surface area contributed by atoms with E-state index in [1.165, 1.54) is 17.5 Å². The lowest BCUT2D eigenvalue weighted by Gasteiger charge is -2.10. The lowest BCUT2D eigenvalue weighted by Crippen LogP contribution is -2.36. The van der Waals surface area contributed by atoms with Crippen molar-refractivity contribution < 1.29 is 4.39 Å². The van der Waals surface area contributed by atoms with Gasteiger partial charge in [-0.3, -0.25) is 0 Å². The molecule has 0 aliphatic heterocycles. The van der Waals surface area contributed by atoms with Gasteiger partial charge in [-0.15, -0.1) is 0 Å². The fourth-order valence-corrected chi connectivity index (χ4v) is 2.56. The van der Waals surface area contributed by atoms with Crippen molar-refractivity contribution in [3.63, 3.8) is 0 Å². The minimum atomic E-state index is -0.237. The highest BCUT2D eigenvalue weighted by molar-refractivity contribution is 5.81. The largest absolute Gasteiger partial charge is 0.357 e. The number of hydrogen-bond donors (Lipinski definition) is 3. The zero-order valence-corrected chi connectivity index (χ0v) is 13.6. The van der Waals surface area contributed by atoms with Crippen LogP contribution in [0.4, 0.5) is 4.39 Å². The topological polar surface area (TPSA) is 52.2 Å². The molecule has 0 saturated carbocycles. The predicted molar refractivity (Wildman–Crippen MR) is 96.4 cm³/mol. The van der Waals surface area contributed by atoms with Crippen LogP contribution in [0, 0.1) is 5.82 Å². The molecule has 3 rings (SSSR count). The summed E-state index contributed by atoms with van der Waals surface area (Å²) in [7, 11) is 0. The zero-order chi connectivity index (χ0) is 16.8. The number of halogens is 1. The Labute approximate surface area is 140 Å². The fraction of sp³-hybridized carbons (Fsp3) is 0.211. The number of nitrogens with one attached hydrogen (secondary N) is 3. The molecule has 0 unspecified atom stereocenters. The van der Waals surface area contributed by atoms with Crippen molar-refractivity contribution in [2.24, 2.45) is 4.99 Å². The highest BCUT2D eigenvalue weighted by Gasteiger charge is 2.02. The molecule has 4 nitrogen and oxygen atoms in total. The van der Waals surface area contributed by atoms with Crippen molar-refractivity contribution >= 4 is 16.9 Å². The lowest BCUT2D eigenvalue weighted by molar-refractivity contribution is 0.625. The number of hydrogen-bond acceptors (Lipinski definition) is 1. The van der Waals surface area contributed by atoms with Gasteiger partial charge in [0.1, 0.15) is 5.82 Å². The number of nitrogens with zero attached hydrogens (tertiary/aromatic N) is 1. The Morgan fingerprint density at radius 1 is 1.08 bits per heavy atom. The second kappa shape index (κ2) is 7.64. The van der Waals surface area contributed by atoms with Gasteiger partial charge in [0.05, 0.1) is 13.1 Å². The van der Waals surface area contributed by atoms with Crippen LogP contribution in [0.2, 0.25) is 0 Å². The zero-order valence-electron chi connectivity index (χ0n) is 13.6. The van der Waals surface area contributed by atoms with Crippen molar-refractivity contribution in [3.05, 3.63) is 71.7 Å². The molecule has 0 saturated heterocycles. The van der Waals surface area contributed by atoms with Gasteiger partial charge in [-0.05, 0) is 42.1 Å². The van der Waals surface area contributed by atoms with Crippen LogP contribution in [-0.2, 0) is 13.1 Å². The lowest BCUT2D eigenvalue weighted by atomic mass is 10.2. The molecule has 0 amide bonds. The molecule has 3 aromatic rings. The van der Waals surface area contributed by atoms with E-state index in [-0.39, 0.29) is 5.82 Å². The van der Waals surface area contributed by atoms with Gasteiger partial charge in [0.25, 0.3) is 0 Å². The number of aromatic amines is 1. The van der Waals surface area contributed by atoms with Crippen LogP contribution in [0.3, 0.4) is 0 Å². The number of rotatable bonds is 5. The molecule has 5 heteroatoms. The summed E-state index contributed by atoms with van der Waals surface area (Å²) in [5.74, 6) is 0.471. The molecule has 0 fully saturated rings. The van der Waals surface area contributed by atoms with Gasteiger partial charge < -0.3 is 15.6 Å². The molecular formula is C19H21FN4. The van der Waals surface area contributed by atoms with Crippen LogP contribution >= 0.6 is 0 Å². The predicted octanol–water partition coefficient (Wildman–Crippen LogP) is 3.56. The Morgan fingerprint density at radius 3 is 2.75 bits per heavy atom. The summed E-state index contributed by atoms with van der Waals surface area (Å²) >= 11 is 0. The first-order valence-corrected chi connectivity index (χ1v) is 8.08. The fourth-order valence-electron chi connectivity index (χ4n) is 2.56. The summed E-state index contributed by atoms with van der Waals surface area (Å²) < 4.78 is 13.2. The first kappa shape index (κ1) is 16.1. The molecule has 0 aliphatic carbocycles. The van der Waals surface area contributed by atoms with Gasteiger partial charge >= 0.3 is 0 Å². The summed E-state index contributed by atoms with van der Waals surface area (Å²) in [5, 5.41) is 7.69. The van der Waals surface area contributed by atoms with E-state index in [4.69, 9.17) is 0 Å². The maximum absolute atomic E-state index is 13.2. The highest BCUT2D eigenvalue weighted by atomic mass is 19.1. The van der Waals surface area contributed by atoms with Gasteiger partial charge in [0, 0.05) is 17.8 Å². The van der Waals surface area contributed by atoms with E-state index in [0.717, 1.165) is 23.3 Å². The first-order chi connectivity index (χ1) is 11.7. The molecule has 0 atom stereocenters. The number of fused-ring (bicyclic) bond motifs is 1. The molecular weight excluding hydrogens is 303 g/mol. The van der Waals surface area contributed by atoms with Crippen LogP contribution in [0.25, 0.3) is 10.9 Å². The van der Waals surface area contributed by atoms with Gasteiger partial charge in [-0.2, -0.15) is 0 Å². The first-order valence-electron chi connectivity index (χ1n) is 8.08. The molecule has 124 valence electrons. The smallest absolute Gasteiger partial charge is 0.191 e. The molecule has 3 N–H and O–H groups in total. The van der Waals surface area contributed by atoms with E-state index in [1.807, 2.05) is 25.1 Å².